The predicted molar refractivity (Wildman–Crippen MR) is 120 cm³/mol. The van der Waals surface area contributed by atoms with Crippen LogP contribution in [0.5, 0.6) is 0 Å². The Morgan fingerprint density at radius 1 is 0.750 bits per heavy atom. The predicted octanol–water partition coefficient (Wildman–Crippen LogP) is 6.16. The van der Waals surface area contributed by atoms with E-state index in [-0.39, 0.29) is 12.6 Å². The molecule has 0 aromatic carbocycles. The molecule has 0 aromatic heterocycles. The number of aliphatic hydroxyl groups excluding tert-OH is 1. The van der Waals surface area contributed by atoms with Crippen LogP contribution in [0.1, 0.15) is 117 Å². The van der Waals surface area contributed by atoms with Gasteiger partial charge in [0.2, 0.25) is 0 Å². The molecule has 0 aliphatic rings. The number of carboxylic acid groups (broad SMARTS) is 1. The number of hydrogen-bond acceptors (Lipinski definition) is 2. The Morgan fingerprint density at radius 2 is 1.18 bits per heavy atom. The molecule has 0 saturated carbocycles. The molecule has 0 rings (SSSR count). The van der Waals surface area contributed by atoms with Crippen molar-refractivity contribution in [3.63, 3.8) is 0 Å². The van der Waals surface area contributed by atoms with Crippen molar-refractivity contribution in [3.8, 4) is 0 Å². The van der Waals surface area contributed by atoms with E-state index in [9.17, 15) is 9.90 Å². The van der Waals surface area contributed by atoms with Gasteiger partial charge in [0.25, 0.3) is 0 Å². The number of aliphatic carboxylic acids is 1. The lowest BCUT2D eigenvalue weighted by atomic mass is 10.0. The Hall–Kier alpha value is -0.610. The molecular weight excluding hydrogens is 350 g/mol. The zero-order chi connectivity index (χ0) is 21.1. The Balaban J connectivity index is 3.53. The van der Waals surface area contributed by atoms with Crippen molar-refractivity contribution >= 4 is 5.97 Å². The number of aliphatic hydroxyl groups is 1. The molecule has 0 amide bonds. The number of likely N-dealkylation sites (N-methyl/N-ethyl adjacent to an activating group) is 1. The van der Waals surface area contributed by atoms with E-state index >= 15 is 0 Å². The molecule has 2 N–H and O–H groups in total. The van der Waals surface area contributed by atoms with E-state index in [1.165, 1.54) is 83.5 Å². The van der Waals surface area contributed by atoms with Crippen LogP contribution in [-0.2, 0) is 4.79 Å². The van der Waals surface area contributed by atoms with Crippen LogP contribution >= 0.6 is 0 Å². The van der Waals surface area contributed by atoms with E-state index in [0.717, 1.165) is 25.8 Å². The maximum atomic E-state index is 11.1. The normalized spacial score (nSPS) is 14.7. The molecule has 28 heavy (non-hydrogen) atoms. The van der Waals surface area contributed by atoms with Gasteiger partial charge in [-0.2, -0.15) is 0 Å². The number of hydrogen-bond donors (Lipinski definition) is 2. The van der Waals surface area contributed by atoms with E-state index in [2.05, 4.69) is 13.8 Å². The van der Waals surface area contributed by atoms with Crippen molar-refractivity contribution in [2.24, 2.45) is 0 Å². The molecule has 0 aliphatic carbocycles. The first-order valence-electron chi connectivity index (χ1n) is 12.2. The Bertz CT molecular complexity index is 362. The smallest absolute Gasteiger partial charge is 0.359 e. The summed E-state index contributed by atoms with van der Waals surface area (Å²) in [6, 6.07) is 0. The van der Waals surface area contributed by atoms with Gasteiger partial charge in [0, 0.05) is 0 Å². The second kappa shape index (κ2) is 18.4. The third kappa shape index (κ3) is 17.5. The van der Waals surface area contributed by atoms with Crippen molar-refractivity contribution in [2.45, 2.75) is 123 Å². The number of carbonyl (C=O) groups is 1. The fourth-order valence-electron chi connectivity index (χ4n) is 4.28. The molecule has 0 bridgehead atoms. The molecular formula is C24H50NO3+. The zero-order valence-corrected chi connectivity index (χ0v) is 19.3. The maximum Gasteiger partial charge on any atom is 0.359 e. The van der Waals surface area contributed by atoms with Crippen molar-refractivity contribution in [2.75, 3.05) is 26.7 Å². The van der Waals surface area contributed by atoms with E-state index in [1.54, 1.807) is 0 Å². The lowest BCUT2D eigenvalue weighted by Crippen LogP contribution is -2.52. The van der Waals surface area contributed by atoms with Crippen LogP contribution in [0, 0.1) is 0 Å². The number of carboxylic acids is 1. The first-order chi connectivity index (χ1) is 13.4. The van der Waals surface area contributed by atoms with Crippen molar-refractivity contribution in [3.05, 3.63) is 0 Å². The maximum absolute atomic E-state index is 11.1. The summed E-state index contributed by atoms with van der Waals surface area (Å²) in [5, 5.41) is 19.4. The largest absolute Gasteiger partial charge is 0.477 e. The minimum absolute atomic E-state index is 0.101. The van der Waals surface area contributed by atoms with Crippen LogP contribution in [0.15, 0.2) is 0 Å². The van der Waals surface area contributed by atoms with Crippen LogP contribution < -0.4 is 0 Å². The van der Waals surface area contributed by atoms with E-state index in [4.69, 9.17) is 5.11 Å². The molecule has 0 aromatic rings. The second-order valence-electron chi connectivity index (χ2n) is 9.12. The molecule has 4 nitrogen and oxygen atoms in total. The van der Waals surface area contributed by atoms with Crippen molar-refractivity contribution in [1.29, 1.82) is 0 Å². The van der Waals surface area contributed by atoms with E-state index < -0.39 is 5.97 Å². The van der Waals surface area contributed by atoms with Crippen LogP contribution in [-0.4, -0.2) is 53.5 Å². The summed E-state index contributed by atoms with van der Waals surface area (Å²) < 4.78 is 0.436. The summed E-state index contributed by atoms with van der Waals surface area (Å²) in [6.45, 7) is 5.80. The molecule has 4 heteroatoms. The van der Waals surface area contributed by atoms with Gasteiger partial charge in [0.05, 0.1) is 13.6 Å². The summed E-state index contributed by atoms with van der Waals surface area (Å²) in [4.78, 5) is 11.1. The minimum Gasteiger partial charge on any atom is -0.477 e. The number of nitrogens with zero attached hydrogens (tertiary/aromatic N) is 1. The molecule has 0 radical (unpaired) electrons. The third-order valence-electron chi connectivity index (χ3n) is 5.82. The Morgan fingerprint density at radius 3 is 1.57 bits per heavy atom. The topological polar surface area (TPSA) is 57.5 Å². The highest BCUT2D eigenvalue weighted by molar-refractivity contribution is 5.67. The van der Waals surface area contributed by atoms with Gasteiger partial charge in [-0.25, -0.2) is 4.79 Å². The summed E-state index contributed by atoms with van der Waals surface area (Å²) in [6.07, 6.45) is 20.1. The lowest BCUT2D eigenvalue weighted by Gasteiger charge is -2.34. The number of unbranched alkanes of at least 4 members (excludes halogenated alkanes) is 13. The molecule has 0 aliphatic heterocycles. The Kier molecular flexibility index (Phi) is 18.0. The summed E-state index contributed by atoms with van der Waals surface area (Å²) in [5.74, 6) is -0.778. The SMILES string of the molecule is CCCCCCCCCCCCCCCCC(O)C[N+](C)(CCC)CC(=O)O. The van der Waals surface area contributed by atoms with Gasteiger partial charge in [-0.3, -0.25) is 0 Å². The van der Waals surface area contributed by atoms with Gasteiger partial charge in [-0.05, 0) is 12.8 Å². The highest BCUT2D eigenvalue weighted by atomic mass is 16.4. The van der Waals surface area contributed by atoms with Gasteiger partial charge in [-0.15, -0.1) is 0 Å². The van der Waals surface area contributed by atoms with E-state index in [1.807, 2.05) is 7.05 Å². The third-order valence-corrected chi connectivity index (χ3v) is 5.82. The monoisotopic (exact) mass is 400 g/mol. The number of quaternary nitrogens is 1. The minimum atomic E-state index is -0.778. The van der Waals surface area contributed by atoms with Crippen LogP contribution in [0.25, 0.3) is 0 Å². The molecule has 168 valence electrons. The molecule has 0 saturated heterocycles. The Labute approximate surface area is 175 Å². The molecule has 2 atom stereocenters. The fourth-order valence-corrected chi connectivity index (χ4v) is 4.28. The first kappa shape index (κ1) is 27.4. The first-order valence-corrected chi connectivity index (χ1v) is 12.2. The highest BCUT2D eigenvalue weighted by Crippen LogP contribution is 2.15. The van der Waals surface area contributed by atoms with Crippen LogP contribution in [0.2, 0.25) is 0 Å². The standard InChI is InChI=1S/C24H49NO3/c1-4-6-7-8-9-10-11-12-13-14-15-16-17-18-19-23(26)21-25(3,20-5-2)22-24(27)28/h23,26H,4-22H2,1-3H3/p+1. The summed E-state index contributed by atoms with van der Waals surface area (Å²) in [7, 11) is 1.95. The molecule has 2 unspecified atom stereocenters. The number of rotatable bonds is 21. The molecule has 0 spiro atoms. The quantitative estimate of drug-likeness (QED) is 0.179. The van der Waals surface area contributed by atoms with Gasteiger partial charge >= 0.3 is 5.97 Å². The van der Waals surface area contributed by atoms with Gasteiger partial charge < -0.3 is 14.7 Å². The second-order valence-corrected chi connectivity index (χ2v) is 9.12. The molecule has 0 fully saturated rings. The van der Waals surface area contributed by atoms with Gasteiger partial charge in [-0.1, -0.05) is 104 Å². The fraction of sp³-hybridized carbons (Fsp3) is 0.958. The van der Waals surface area contributed by atoms with E-state index in [0.29, 0.717) is 11.0 Å². The summed E-state index contributed by atoms with van der Waals surface area (Å²) in [5.41, 5.74) is 0. The average Bonchev–Trinajstić information content (AvgIpc) is 2.61. The average molecular weight is 401 g/mol. The van der Waals surface area contributed by atoms with Crippen LogP contribution in [0.3, 0.4) is 0 Å². The van der Waals surface area contributed by atoms with Crippen molar-refractivity contribution < 1.29 is 19.5 Å². The highest BCUT2D eigenvalue weighted by Gasteiger charge is 2.27. The van der Waals surface area contributed by atoms with Crippen LogP contribution in [0.4, 0.5) is 0 Å². The van der Waals surface area contributed by atoms with Gasteiger partial charge in [0.15, 0.2) is 6.54 Å². The summed E-state index contributed by atoms with van der Waals surface area (Å²) >= 11 is 0. The lowest BCUT2D eigenvalue weighted by molar-refractivity contribution is -0.905. The van der Waals surface area contributed by atoms with Gasteiger partial charge in [0.1, 0.15) is 12.6 Å². The molecule has 0 heterocycles. The zero-order valence-electron chi connectivity index (χ0n) is 19.3. The van der Waals surface area contributed by atoms with Crippen molar-refractivity contribution in [1.82, 2.24) is 0 Å².